The van der Waals surface area contributed by atoms with E-state index < -0.39 is 11.6 Å². The summed E-state index contributed by atoms with van der Waals surface area (Å²) < 4.78 is 27.1. The average molecular weight is 368 g/mol. The molecule has 0 unspecified atom stereocenters. The summed E-state index contributed by atoms with van der Waals surface area (Å²) in [5, 5.41) is 19.3. The summed E-state index contributed by atoms with van der Waals surface area (Å²) >= 11 is 0. The molecule has 7 heteroatoms. The smallest absolute Gasteiger partial charge is 0.227 e. The summed E-state index contributed by atoms with van der Waals surface area (Å²) in [7, 11) is 0. The van der Waals surface area contributed by atoms with Crippen molar-refractivity contribution >= 4 is 5.91 Å². The van der Waals surface area contributed by atoms with Gasteiger partial charge in [0.15, 0.2) is 0 Å². The van der Waals surface area contributed by atoms with Gasteiger partial charge in [0.25, 0.3) is 0 Å². The number of nitrogens with zero attached hydrogens (tertiary/aromatic N) is 2. The molecule has 1 amide bonds. The first-order valence-electron chi connectivity index (χ1n) is 9.19. The lowest BCUT2D eigenvalue weighted by atomic mass is 9.95. The molecule has 3 rings (SSSR count). The van der Waals surface area contributed by atoms with Crippen LogP contribution in [0.15, 0.2) is 18.2 Å². The van der Waals surface area contributed by atoms with Crippen molar-refractivity contribution in [2.75, 3.05) is 39.3 Å². The van der Waals surface area contributed by atoms with Crippen molar-refractivity contribution < 1.29 is 23.8 Å². The summed E-state index contributed by atoms with van der Waals surface area (Å²) in [6.07, 6.45) is 1.09. The zero-order valence-electron chi connectivity index (χ0n) is 14.8. The second kappa shape index (κ2) is 8.41. The van der Waals surface area contributed by atoms with E-state index >= 15 is 0 Å². The van der Waals surface area contributed by atoms with E-state index in [1.165, 1.54) is 0 Å². The molecular weight excluding hydrogens is 342 g/mol. The second-order valence-corrected chi connectivity index (χ2v) is 7.45. The minimum atomic E-state index is -0.582. The van der Waals surface area contributed by atoms with Gasteiger partial charge in [0.2, 0.25) is 5.91 Å². The molecule has 0 aliphatic carbocycles. The highest BCUT2D eigenvalue weighted by Gasteiger charge is 2.36. The van der Waals surface area contributed by atoms with Crippen LogP contribution in [-0.4, -0.2) is 71.4 Å². The number of aliphatic hydroxyl groups is 2. The maximum atomic E-state index is 13.8. The Morgan fingerprint density at radius 3 is 2.54 bits per heavy atom. The maximum Gasteiger partial charge on any atom is 0.227 e. The van der Waals surface area contributed by atoms with E-state index in [9.17, 15) is 23.8 Å². The molecular formula is C19H26F2N2O3. The highest BCUT2D eigenvalue weighted by molar-refractivity contribution is 5.79. The van der Waals surface area contributed by atoms with Gasteiger partial charge in [0.05, 0.1) is 12.5 Å². The zero-order valence-corrected chi connectivity index (χ0v) is 14.8. The number of hydrogen-bond acceptors (Lipinski definition) is 4. The van der Waals surface area contributed by atoms with Crippen molar-refractivity contribution in [3.05, 3.63) is 35.4 Å². The predicted molar refractivity (Wildman–Crippen MR) is 92.4 cm³/mol. The standard InChI is InChI=1S/C19H26F2N2O3/c20-16-1-2-18(21)13(7-16)8-19(26)23-10-14(15(11-23)12-24)9-22-5-3-17(25)4-6-22/h1-2,7,14-15,17,24-25H,3-6,8-12H2/t14-,15-/m1/s1. The summed E-state index contributed by atoms with van der Waals surface area (Å²) in [6.45, 7) is 3.36. The highest BCUT2D eigenvalue weighted by Crippen LogP contribution is 2.26. The van der Waals surface area contributed by atoms with Crippen LogP contribution in [0.5, 0.6) is 0 Å². The zero-order chi connectivity index (χ0) is 18.7. The topological polar surface area (TPSA) is 64.0 Å². The molecule has 5 nitrogen and oxygen atoms in total. The van der Waals surface area contributed by atoms with Crippen molar-refractivity contribution in [2.24, 2.45) is 11.8 Å². The van der Waals surface area contributed by atoms with Gasteiger partial charge in [-0.1, -0.05) is 0 Å². The van der Waals surface area contributed by atoms with Crippen LogP contribution in [0.3, 0.4) is 0 Å². The van der Waals surface area contributed by atoms with Crippen LogP contribution in [0.2, 0.25) is 0 Å². The number of amides is 1. The van der Waals surface area contributed by atoms with Crippen molar-refractivity contribution in [2.45, 2.75) is 25.4 Å². The summed E-state index contributed by atoms with van der Waals surface area (Å²) in [4.78, 5) is 16.4. The summed E-state index contributed by atoms with van der Waals surface area (Å²) in [5.41, 5.74) is 0.0593. The number of halogens is 2. The molecule has 2 saturated heterocycles. The maximum absolute atomic E-state index is 13.8. The largest absolute Gasteiger partial charge is 0.396 e. The Hall–Kier alpha value is -1.57. The molecule has 0 saturated carbocycles. The Labute approximate surface area is 152 Å². The predicted octanol–water partition coefficient (Wildman–Crippen LogP) is 1.03. The van der Waals surface area contributed by atoms with E-state index in [0.717, 1.165) is 50.7 Å². The Kier molecular flexibility index (Phi) is 6.21. The lowest BCUT2D eigenvalue weighted by Gasteiger charge is -2.32. The summed E-state index contributed by atoms with van der Waals surface area (Å²) in [6, 6.07) is 3.13. The van der Waals surface area contributed by atoms with E-state index in [2.05, 4.69) is 4.90 Å². The van der Waals surface area contributed by atoms with E-state index in [4.69, 9.17) is 0 Å². The van der Waals surface area contributed by atoms with Gasteiger partial charge >= 0.3 is 0 Å². The van der Waals surface area contributed by atoms with Crippen LogP contribution in [0.25, 0.3) is 0 Å². The molecule has 144 valence electrons. The molecule has 0 bridgehead atoms. The Morgan fingerprint density at radius 2 is 1.85 bits per heavy atom. The number of rotatable bonds is 5. The number of benzene rings is 1. The minimum absolute atomic E-state index is 0.000756. The molecule has 26 heavy (non-hydrogen) atoms. The van der Waals surface area contributed by atoms with Gasteiger partial charge in [-0.05, 0) is 37.0 Å². The number of carbonyl (C=O) groups excluding carboxylic acids is 1. The van der Waals surface area contributed by atoms with Crippen molar-refractivity contribution in [1.29, 1.82) is 0 Å². The lowest BCUT2D eigenvalue weighted by Crippen LogP contribution is -2.41. The quantitative estimate of drug-likeness (QED) is 0.815. The molecule has 1 aromatic carbocycles. The van der Waals surface area contributed by atoms with Gasteiger partial charge in [-0.15, -0.1) is 0 Å². The van der Waals surface area contributed by atoms with Crippen LogP contribution < -0.4 is 0 Å². The van der Waals surface area contributed by atoms with Crippen LogP contribution in [0, 0.1) is 23.5 Å². The first-order chi connectivity index (χ1) is 12.5. The van der Waals surface area contributed by atoms with Gasteiger partial charge in [-0.3, -0.25) is 4.79 Å². The van der Waals surface area contributed by atoms with Crippen LogP contribution >= 0.6 is 0 Å². The third-order valence-corrected chi connectivity index (χ3v) is 5.56. The average Bonchev–Trinajstić information content (AvgIpc) is 3.03. The molecule has 0 aromatic heterocycles. The van der Waals surface area contributed by atoms with Gasteiger partial charge in [0, 0.05) is 50.8 Å². The van der Waals surface area contributed by atoms with E-state index in [0.29, 0.717) is 13.1 Å². The SMILES string of the molecule is O=C(Cc1cc(F)ccc1F)N1C[C@@H](CN2CCC(O)CC2)[C@@H](CO)C1. The Bertz CT molecular complexity index is 635. The minimum Gasteiger partial charge on any atom is -0.396 e. The third kappa shape index (κ3) is 4.58. The summed E-state index contributed by atoms with van der Waals surface area (Å²) in [5.74, 6) is -1.25. The van der Waals surface area contributed by atoms with Gasteiger partial charge in [-0.25, -0.2) is 8.78 Å². The molecule has 2 atom stereocenters. The molecule has 2 heterocycles. The number of likely N-dealkylation sites (tertiary alicyclic amines) is 2. The number of carbonyl (C=O) groups is 1. The Balaban J connectivity index is 1.59. The highest BCUT2D eigenvalue weighted by atomic mass is 19.1. The van der Waals surface area contributed by atoms with E-state index in [-0.39, 0.29) is 42.4 Å². The molecule has 2 fully saturated rings. The van der Waals surface area contributed by atoms with Gasteiger partial charge in [0.1, 0.15) is 11.6 Å². The molecule has 2 aliphatic heterocycles. The molecule has 2 aliphatic rings. The van der Waals surface area contributed by atoms with Crippen LogP contribution in [0.4, 0.5) is 8.78 Å². The van der Waals surface area contributed by atoms with Crippen molar-refractivity contribution in [1.82, 2.24) is 9.80 Å². The fraction of sp³-hybridized carbons (Fsp3) is 0.632. The fourth-order valence-electron chi connectivity index (χ4n) is 3.94. The molecule has 0 radical (unpaired) electrons. The number of aliphatic hydroxyl groups excluding tert-OH is 2. The molecule has 2 N–H and O–H groups in total. The second-order valence-electron chi connectivity index (χ2n) is 7.45. The third-order valence-electron chi connectivity index (χ3n) is 5.56. The van der Waals surface area contributed by atoms with Crippen molar-refractivity contribution in [3.8, 4) is 0 Å². The molecule has 0 spiro atoms. The lowest BCUT2D eigenvalue weighted by molar-refractivity contribution is -0.129. The van der Waals surface area contributed by atoms with Crippen LogP contribution in [-0.2, 0) is 11.2 Å². The first-order valence-corrected chi connectivity index (χ1v) is 9.19. The normalized spacial score (nSPS) is 25.0. The molecule has 1 aromatic rings. The van der Waals surface area contributed by atoms with E-state index in [1.54, 1.807) is 4.90 Å². The number of piperidine rings is 1. The van der Waals surface area contributed by atoms with Crippen molar-refractivity contribution in [3.63, 3.8) is 0 Å². The van der Waals surface area contributed by atoms with Crippen LogP contribution in [0.1, 0.15) is 18.4 Å². The monoisotopic (exact) mass is 368 g/mol. The van der Waals surface area contributed by atoms with E-state index in [1.807, 2.05) is 0 Å². The first kappa shape index (κ1) is 19.2. The Morgan fingerprint density at radius 1 is 1.15 bits per heavy atom. The van der Waals surface area contributed by atoms with Gasteiger partial charge in [-0.2, -0.15) is 0 Å². The number of hydrogen-bond donors (Lipinski definition) is 2. The van der Waals surface area contributed by atoms with Gasteiger partial charge < -0.3 is 20.0 Å². The fourth-order valence-corrected chi connectivity index (χ4v) is 3.94.